The maximum absolute atomic E-state index is 5.22. The highest BCUT2D eigenvalue weighted by molar-refractivity contribution is 5.30. The largest absolute Gasteiger partial charge is 0.497 e. The first-order valence-corrected chi connectivity index (χ1v) is 7.74. The van der Waals surface area contributed by atoms with Gasteiger partial charge in [-0.05, 0) is 23.3 Å². The number of nitrogens with one attached hydrogen (secondary N) is 3. The molecular weight excluding hydrogens is 274 g/mol. The van der Waals surface area contributed by atoms with E-state index in [1.54, 1.807) is 7.11 Å². The van der Waals surface area contributed by atoms with Gasteiger partial charge >= 0.3 is 0 Å². The van der Waals surface area contributed by atoms with Crippen molar-refractivity contribution in [3.05, 3.63) is 65.7 Å². The van der Waals surface area contributed by atoms with Crippen LogP contribution in [0.5, 0.6) is 5.75 Å². The van der Waals surface area contributed by atoms with E-state index in [2.05, 4.69) is 52.6 Å². The smallest absolute Gasteiger partial charge is 0.118 e. The average Bonchev–Trinajstić information content (AvgIpc) is 3.04. The Bertz CT molecular complexity index is 571. The average molecular weight is 297 g/mol. The molecule has 0 aliphatic carbocycles. The minimum atomic E-state index is 0.328. The van der Waals surface area contributed by atoms with Crippen molar-refractivity contribution in [2.45, 2.75) is 12.6 Å². The second-order valence-electron chi connectivity index (χ2n) is 5.65. The van der Waals surface area contributed by atoms with Crippen molar-refractivity contribution in [3.63, 3.8) is 0 Å². The Morgan fingerprint density at radius 1 is 1.09 bits per heavy atom. The van der Waals surface area contributed by atoms with E-state index >= 15 is 0 Å². The number of hydrazine groups is 1. The fraction of sp³-hybridized carbons (Fsp3) is 0.333. The molecule has 0 aromatic heterocycles. The Morgan fingerprint density at radius 2 is 1.86 bits per heavy atom. The highest BCUT2D eigenvalue weighted by Gasteiger charge is 2.27. The molecule has 0 radical (unpaired) electrons. The molecule has 2 aromatic carbocycles. The predicted molar refractivity (Wildman–Crippen MR) is 88.5 cm³/mol. The van der Waals surface area contributed by atoms with Crippen LogP contribution >= 0.6 is 0 Å². The van der Waals surface area contributed by atoms with E-state index in [1.165, 1.54) is 11.1 Å². The molecule has 116 valence electrons. The van der Waals surface area contributed by atoms with Gasteiger partial charge in [-0.25, -0.2) is 5.43 Å². The van der Waals surface area contributed by atoms with E-state index in [0.29, 0.717) is 12.0 Å². The van der Waals surface area contributed by atoms with E-state index in [0.717, 1.165) is 25.4 Å². The van der Waals surface area contributed by atoms with Crippen molar-refractivity contribution in [2.75, 3.05) is 20.2 Å². The van der Waals surface area contributed by atoms with E-state index in [4.69, 9.17) is 4.74 Å². The second-order valence-corrected chi connectivity index (χ2v) is 5.65. The lowest BCUT2D eigenvalue weighted by Crippen LogP contribution is -2.28. The molecule has 2 atom stereocenters. The second kappa shape index (κ2) is 7.40. The summed E-state index contributed by atoms with van der Waals surface area (Å²) >= 11 is 0. The summed E-state index contributed by atoms with van der Waals surface area (Å²) < 4.78 is 5.22. The zero-order valence-electron chi connectivity index (χ0n) is 12.9. The van der Waals surface area contributed by atoms with Gasteiger partial charge in [-0.2, -0.15) is 0 Å². The zero-order valence-corrected chi connectivity index (χ0v) is 12.9. The number of benzene rings is 2. The molecule has 3 N–H and O–H groups in total. The molecule has 3 rings (SSSR count). The molecule has 22 heavy (non-hydrogen) atoms. The Balaban J connectivity index is 1.56. The summed E-state index contributed by atoms with van der Waals surface area (Å²) in [4.78, 5) is 0. The van der Waals surface area contributed by atoms with Crippen LogP contribution in [-0.2, 0) is 6.54 Å². The first kappa shape index (κ1) is 15.0. The molecule has 4 nitrogen and oxygen atoms in total. The summed E-state index contributed by atoms with van der Waals surface area (Å²) in [7, 11) is 1.70. The molecule has 0 bridgehead atoms. The summed E-state index contributed by atoms with van der Waals surface area (Å²) in [5.74, 6) is 1.42. The van der Waals surface area contributed by atoms with Crippen molar-refractivity contribution in [2.24, 2.45) is 5.92 Å². The fourth-order valence-electron chi connectivity index (χ4n) is 2.89. The SMILES string of the molecule is COc1ccc(C2NNCC2CNCc2ccccc2)cc1. The molecule has 0 amide bonds. The lowest BCUT2D eigenvalue weighted by atomic mass is 9.95. The minimum absolute atomic E-state index is 0.328. The van der Waals surface area contributed by atoms with Crippen LogP contribution < -0.4 is 20.9 Å². The van der Waals surface area contributed by atoms with Gasteiger partial charge in [-0.3, -0.25) is 5.43 Å². The van der Waals surface area contributed by atoms with Crippen LogP contribution in [0.2, 0.25) is 0 Å². The van der Waals surface area contributed by atoms with Crippen molar-refractivity contribution < 1.29 is 4.74 Å². The summed E-state index contributed by atoms with van der Waals surface area (Å²) in [6.07, 6.45) is 0. The number of ether oxygens (including phenoxy) is 1. The van der Waals surface area contributed by atoms with Crippen LogP contribution in [0.1, 0.15) is 17.2 Å². The van der Waals surface area contributed by atoms with Crippen LogP contribution in [0.25, 0.3) is 0 Å². The van der Waals surface area contributed by atoms with E-state index in [-0.39, 0.29) is 0 Å². The van der Waals surface area contributed by atoms with Crippen LogP contribution in [0, 0.1) is 5.92 Å². The third kappa shape index (κ3) is 3.65. The highest BCUT2D eigenvalue weighted by atomic mass is 16.5. The molecule has 1 saturated heterocycles. The van der Waals surface area contributed by atoms with Crippen molar-refractivity contribution in [3.8, 4) is 5.75 Å². The summed E-state index contributed by atoms with van der Waals surface area (Å²) in [6, 6.07) is 19.1. The Labute approximate surface area is 131 Å². The summed E-state index contributed by atoms with van der Waals surface area (Å²) in [5.41, 5.74) is 9.27. The third-order valence-electron chi connectivity index (χ3n) is 4.15. The summed E-state index contributed by atoms with van der Waals surface area (Å²) in [6.45, 7) is 2.86. The maximum Gasteiger partial charge on any atom is 0.118 e. The lowest BCUT2D eigenvalue weighted by Gasteiger charge is -2.19. The zero-order chi connectivity index (χ0) is 15.2. The number of hydrogen-bond acceptors (Lipinski definition) is 4. The Morgan fingerprint density at radius 3 is 2.59 bits per heavy atom. The maximum atomic E-state index is 5.22. The monoisotopic (exact) mass is 297 g/mol. The third-order valence-corrected chi connectivity index (χ3v) is 4.15. The van der Waals surface area contributed by atoms with E-state index in [9.17, 15) is 0 Å². The number of rotatable bonds is 6. The van der Waals surface area contributed by atoms with Gasteiger partial charge in [0.05, 0.1) is 13.2 Å². The lowest BCUT2D eigenvalue weighted by molar-refractivity contribution is 0.413. The molecule has 2 aromatic rings. The van der Waals surface area contributed by atoms with Gasteiger partial charge < -0.3 is 10.1 Å². The van der Waals surface area contributed by atoms with Crippen LogP contribution in [0.15, 0.2) is 54.6 Å². The van der Waals surface area contributed by atoms with Gasteiger partial charge in [0.2, 0.25) is 0 Å². The van der Waals surface area contributed by atoms with Gasteiger partial charge in [0, 0.05) is 25.6 Å². The fourth-order valence-corrected chi connectivity index (χ4v) is 2.89. The van der Waals surface area contributed by atoms with Crippen molar-refractivity contribution >= 4 is 0 Å². The van der Waals surface area contributed by atoms with Gasteiger partial charge in [-0.15, -0.1) is 0 Å². The van der Waals surface area contributed by atoms with Crippen LogP contribution in [0.3, 0.4) is 0 Å². The van der Waals surface area contributed by atoms with E-state index in [1.807, 2.05) is 18.2 Å². The van der Waals surface area contributed by atoms with Gasteiger partial charge in [0.1, 0.15) is 5.75 Å². The number of hydrogen-bond donors (Lipinski definition) is 3. The molecule has 0 saturated carbocycles. The van der Waals surface area contributed by atoms with E-state index < -0.39 is 0 Å². The molecule has 0 spiro atoms. The van der Waals surface area contributed by atoms with Gasteiger partial charge in [0.15, 0.2) is 0 Å². The molecule has 1 aliphatic heterocycles. The predicted octanol–water partition coefficient (Wildman–Crippen LogP) is 2.25. The minimum Gasteiger partial charge on any atom is -0.497 e. The quantitative estimate of drug-likeness (QED) is 0.765. The molecule has 1 aliphatic rings. The van der Waals surface area contributed by atoms with Crippen molar-refractivity contribution in [1.29, 1.82) is 0 Å². The topological polar surface area (TPSA) is 45.3 Å². The Kier molecular flexibility index (Phi) is 5.06. The van der Waals surface area contributed by atoms with Gasteiger partial charge in [-0.1, -0.05) is 42.5 Å². The number of methoxy groups -OCH3 is 1. The molecule has 2 unspecified atom stereocenters. The molecular formula is C18H23N3O. The highest BCUT2D eigenvalue weighted by Crippen LogP contribution is 2.26. The molecule has 1 fully saturated rings. The first-order valence-electron chi connectivity index (χ1n) is 7.74. The normalized spacial score (nSPS) is 21.0. The van der Waals surface area contributed by atoms with Crippen LogP contribution in [-0.4, -0.2) is 20.2 Å². The van der Waals surface area contributed by atoms with Crippen LogP contribution in [0.4, 0.5) is 0 Å². The molecule has 4 heteroatoms. The summed E-state index contributed by atoms with van der Waals surface area (Å²) in [5, 5.41) is 3.56. The Hall–Kier alpha value is -1.88. The van der Waals surface area contributed by atoms with Crippen molar-refractivity contribution in [1.82, 2.24) is 16.2 Å². The standard InChI is InChI=1S/C18H23N3O/c1-22-17-9-7-15(8-10-17)18-16(13-20-21-18)12-19-11-14-5-3-2-4-6-14/h2-10,16,18-21H,11-13H2,1H3. The first-order chi connectivity index (χ1) is 10.9. The van der Waals surface area contributed by atoms with Gasteiger partial charge in [0.25, 0.3) is 0 Å². The molecule has 1 heterocycles.